The monoisotopic (exact) mass is 157 g/mol. The zero-order chi connectivity index (χ0) is 8.97. The van der Waals surface area contributed by atoms with Gasteiger partial charge in [-0.25, -0.2) is 0 Å². The van der Waals surface area contributed by atoms with Crippen LogP contribution in [0.4, 0.5) is 0 Å². The van der Waals surface area contributed by atoms with Crippen LogP contribution in [-0.4, -0.2) is 6.04 Å². The number of allylic oxidation sites excluding steroid dienone is 4. The van der Waals surface area contributed by atoms with Crippen LogP contribution < -0.4 is 5.73 Å². The Labute approximate surface area is 70.7 Å². The largest absolute Gasteiger partial charge is 0.320 e. The molecule has 0 spiro atoms. The Bertz CT molecular complexity index is 347. The summed E-state index contributed by atoms with van der Waals surface area (Å²) in [6, 6.07) is 3.48. The predicted molar refractivity (Wildman–Crippen MR) is 44.5 cm³/mol. The fourth-order valence-corrected chi connectivity index (χ4v) is 0.892. The van der Waals surface area contributed by atoms with Gasteiger partial charge < -0.3 is 5.73 Å². The van der Waals surface area contributed by atoms with Crippen LogP contribution in [-0.2, 0) is 0 Å². The van der Waals surface area contributed by atoms with Crippen molar-refractivity contribution in [1.29, 1.82) is 10.5 Å². The standard InChI is InChI=1S/C9H7N3/c10-5-7-2-1-3-8(6-11)9(12)4-7/h1-4,9H,12H2. The second-order valence-electron chi connectivity index (χ2n) is 2.35. The van der Waals surface area contributed by atoms with E-state index in [0.717, 1.165) is 0 Å². The molecule has 1 aliphatic carbocycles. The van der Waals surface area contributed by atoms with Gasteiger partial charge in [0.1, 0.15) is 0 Å². The zero-order valence-corrected chi connectivity index (χ0v) is 6.36. The average molecular weight is 157 g/mol. The van der Waals surface area contributed by atoms with Crippen molar-refractivity contribution in [3.63, 3.8) is 0 Å². The maximum absolute atomic E-state index is 8.60. The van der Waals surface area contributed by atoms with Gasteiger partial charge in [0, 0.05) is 5.57 Å². The van der Waals surface area contributed by atoms with E-state index >= 15 is 0 Å². The minimum absolute atomic E-state index is 0.459. The third-order valence-corrected chi connectivity index (χ3v) is 1.53. The number of hydrogen-bond acceptors (Lipinski definition) is 3. The van der Waals surface area contributed by atoms with Crippen molar-refractivity contribution >= 4 is 0 Å². The summed E-state index contributed by atoms with van der Waals surface area (Å²) in [6.07, 6.45) is 6.47. The van der Waals surface area contributed by atoms with E-state index < -0.39 is 6.04 Å². The molecule has 0 bridgehead atoms. The summed E-state index contributed by atoms with van der Waals surface area (Å²) in [5, 5.41) is 17.2. The topological polar surface area (TPSA) is 73.6 Å². The van der Waals surface area contributed by atoms with Crippen molar-refractivity contribution in [2.75, 3.05) is 0 Å². The van der Waals surface area contributed by atoms with Gasteiger partial charge in [-0.1, -0.05) is 6.08 Å². The predicted octanol–water partition coefficient (Wildman–Crippen LogP) is 0.783. The molecule has 0 saturated carbocycles. The first-order chi connectivity index (χ1) is 5.77. The van der Waals surface area contributed by atoms with Crippen molar-refractivity contribution in [2.24, 2.45) is 5.73 Å². The molecular weight excluding hydrogens is 150 g/mol. The molecule has 1 atom stereocenters. The van der Waals surface area contributed by atoms with Crippen LogP contribution in [0.15, 0.2) is 35.5 Å². The van der Waals surface area contributed by atoms with Crippen molar-refractivity contribution in [1.82, 2.24) is 0 Å². The number of nitriles is 2. The third-order valence-electron chi connectivity index (χ3n) is 1.53. The van der Waals surface area contributed by atoms with Gasteiger partial charge in [-0.05, 0) is 18.2 Å². The van der Waals surface area contributed by atoms with Gasteiger partial charge in [-0.2, -0.15) is 10.5 Å². The summed E-state index contributed by atoms with van der Waals surface area (Å²) in [4.78, 5) is 0. The molecule has 0 amide bonds. The molecule has 1 aliphatic rings. The molecule has 0 saturated heterocycles. The number of hydrogen-bond donors (Lipinski definition) is 1. The summed E-state index contributed by atoms with van der Waals surface area (Å²) in [5.74, 6) is 0. The van der Waals surface area contributed by atoms with Crippen LogP contribution >= 0.6 is 0 Å². The maximum atomic E-state index is 8.60. The highest BCUT2D eigenvalue weighted by Crippen LogP contribution is 2.09. The Morgan fingerprint density at radius 2 is 2.08 bits per heavy atom. The molecule has 0 aromatic rings. The van der Waals surface area contributed by atoms with E-state index in [1.807, 2.05) is 12.1 Å². The highest BCUT2D eigenvalue weighted by Gasteiger charge is 2.07. The summed E-state index contributed by atoms with van der Waals surface area (Å²) < 4.78 is 0. The van der Waals surface area contributed by atoms with Gasteiger partial charge >= 0.3 is 0 Å². The summed E-state index contributed by atoms with van der Waals surface area (Å²) >= 11 is 0. The van der Waals surface area contributed by atoms with E-state index in [2.05, 4.69) is 0 Å². The van der Waals surface area contributed by atoms with Gasteiger partial charge in [0.05, 0.1) is 23.8 Å². The first-order valence-electron chi connectivity index (χ1n) is 3.44. The van der Waals surface area contributed by atoms with Gasteiger partial charge in [-0.15, -0.1) is 0 Å². The van der Waals surface area contributed by atoms with Crippen molar-refractivity contribution in [3.05, 3.63) is 35.5 Å². The number of nitrogens with two attached hydrogens (primary N) is 1. The van der Waals surface area contributed by atoms with E-state index in [4.69, 9.17) is 16.3 Å². The Morgan fingerprint density at radius 1 is 1.33 bits per heavy atom. The van der Waals surface area contributed by atoms with Crippen LogP contribution in [0, 0.1) is 22.7 Å². The first kappa shape index (κ1) is 8.26. The van der Waals surface area contributed by atoms with Crippen LogP contribution in [0.3, 0.4) is 0 Å². The van der Waals surface area contributed by atoms with E-state index in [0.29, 0.717) is 11.1 Å². The van der Waals surface area contributed by atoms with Crippen LogP contribution in [0.5, 0.6) is 0 Å². The average Bonchev–Trinajstić information content (AvgIpc) is 2.26. The first-order valence-corrected chi connectivity index (χ1v) is 3.44. The van der Waals surface area contributed by atoms with Crippen LogP contribution in [0.25, 0.3) is 0 Å². The smallest absolute Gasteiger partial charge is 0.0988 e. The van der Waals surface area contributed by atoms with Crippen LogP contribution in [0.2, 0.25) is 0 Å². The Morgan fingerprint density at radius 3 is 2.67 bits per heavy atom. The number of rotatable bonds is 0. The lowest BCUT2D eigenvalue weighted by Crippen LogP contribution is -2.18. The highest BCUT2D eigenvalue weighted by molar-refractivity contribution is 5.45. The van der Waals surface area contributed by atoms with E-state index in [9.17, 15) is 0 Å². The fraction of sp³-hybridized carbons (Fsp3) is 0.111. The Kier molecular flexibility index (Phi) is 2.42. The summed E-state index contributed by atoms with van der Waals surface area (Å²) in [5.41, 5.74) is 6.56. The minimum atomic E-state index is -0.459. The zero-order valence-electron chi connectivity index (χ0n) is 6.36. The molecule has 3 nitrogen and oxygen atoms in total. The van der Waals surface area contributed by atoms with E-state index in [1.54, 1.807) is 24.3 Å². The van der Waals surface area contributed by atoms with Crippen LogP contribution in [0.1, 0.15) is 0 Å². The molecule has 0 aromatic heterocycles. The second kappa shape index (κ2) is 3.52. The van der Waals surface area contributed by atoms with Crippen molar-refractivity contribution in [2.45, 2.75) is 6.04 Å². The molecule has 0 heterocycles. The fourth-order valence-electron chi connectivity index (χ4n) is 0.892. The molecule has 1 unspecified atom stereocenters. The molecule has 0 radical (unpaired) electrons. The lowest BCUT2D eigenvalue weighted by Gasteiger charge is -2.01. The third kappa shape index (κ3) is 1.60. The molecular formula is C9H7N3. The molecule has 1 rings (SSSR count). The SMILES string of the molecule is N#CC1=CC(N)C(C#N)=CC=C1. The molecule has 0 fully saturated rings. The Hall–Kier alpha value is -1.84. The quantitative estimate of drug-likeness (QED) is 0.564. The van der Waals surface area contributed by atoms with Crippen molar-refractivity contribution < 1.29 is 0 Å². The molecule has 2 N–H and O–H groups in total. The normalized spacial score (nSPS) is 21.4. The molecule has 3 heteroatoms. The lowest BCUT2D eigenvalue weighted by atomic mass is 10.1. The van der Waals surface area contributed by atoms with Gasteiger partial charge in [0.15, 0.2) is 0 Å². The van der Waals surface area contributed by atoms with Crippen molar-refractivity contribution in [3.8, 4) is 12.1 Å². The molecule has 12 heavy (non-hydrogen) atoms. The molecule has 0 aromatic carbocycles. The van der Waals surface area contributed by atoms with E-state index in [-0.39, 0.29) is 0 Å². The maximum Gasteiger partial charge on any atom is 0.0988 e. The molecule has 58 valence electrons. The molecule has 0 aliphatic heterocycles. The van der Waals surface area contributed by atoms with Gasteiger partial charge in [0.25, 0.3) is 0 Å². The van der Waals surface area contributed by atoms with Gasteiger partial charge in [-0.3, -0.25) is 0 Å². The second-order valence-corrected chi connectivity index (χ2v) is 2.35. The Balaban J connectivity index is 3.02. The number of nitrogens with zero attached hydrogens (tertiary/aromatic N) is 2. The summed E-state index contributed by atoms with van der Waals surface area (Å²) in [6.45, 7) is 0. The lowest BCUT2D eigenvalue weighted by molar-refractivity contribution is 0.982. The summed E-state index contributed by atoms with van der Waals surface area (Å²) in [7, 11) is 0. The minimum Gasteiger partial charge on any atom is -0.320 e. The van der Waals surface area contributed by atoms with Gasteiger partial charge in [0.2, 0.25) is 0 Å². The van der Waals surface area contributed by atoms with E-state index in [1.165, 1.54) is 0 Å². The highest BCUT2D eigenvalue weighted by atomic mass is 14.6.